The Balaban J connectivity index is 2.10. The summed E-state index contributed by atoms with van der Waals surface area (Å²) in [6.07, 6.45) is 4.98. The molecular weight excluding hydrogens is 140 g/mol. The maximum Gasteiger partial charge on any atom is 0.162 e. The largest absolute Gasteiger partial charge is 0.367 e. The maximum absolute atomic E-state index is 9.43. The van der Waals surface area contributed by atoms with Gasteiger partial charge in [0.25, 0.3) is 0 Å². The first-order chi connectivity index (χ1) is 5.36. The zero-order chi connectivity index (χ0) is 7.42. The highest BCUT2D eigenvalue weighted by molar-refractivity contribution is 5.42. The molecular formula is C9H10O2. The van der Waals surface area contributed by atoms with Crippen molar-refractivity contribution in [2.24, 2.45) is 11.8 Å². The Morgan fingerprint density at radius 3 is 3.27 bits per heavy atom. The van der Waals surface area contributed by atoms with Gasteiger partial charge in [-0.3, -0.25) is 0 Å². The van der Waals surface area contributed by atoms with Crippen LogP contribution in [-0.2, 0) is 4.74 Å². The van der Waals surface area contributed by atoms with Crippen molar-refractivity contribution >= 4 is 0 Å². The van der Waals surface area contributed by atoms with E-state index in [2.05, 4.69) is 12.2 Å². The molecule has 3 rings (SSSR count). The molecule has 0 spiro atoms. The molecule has 1 saturated heterocycles. The van der Waals surface area contributed by atoms with Crippen LogP contribution in [0.1, 0.15) is 6.42 Å². The molecule has 2 aliphatic carbocycles. The van der Waals surface area contributed by atoms with Crippen LogP contribution in [0.3, 0.4) is 0 Å². The number of hydrogen-bond acceptors (Lipinski definition) is 2. The molecule has 1 fully saturated rings. The van der Waals surface area contributed by atoms with Crippen LogP contribution in [0.4, 0.5) is 0 Å². The number of ether oxygens (including phenoxy) is 1. The molecule has 0 saturated carbocycles. The number of rotatable bonds is 0. The Hall–Kier alpha value is -0.600. The van der Waals surface area contributed by atoms with Gasteiger partial charge in [0.2, 0.25) is 0 Å². The van der Waals surface area contributed by atoms with E-state index in [0.29, 0.717) is 18.4 Å². The van der Waals surface area contributed by atoms with Crippen molar-refractivity contribution in [3.05, 3.63) is 23.3 Å². The molecule has 3 atom stereocenters. The lowest BCUT2D eigenvalue weighted by molar-refractivity contribution is -0.0882. The van der Waals surface area contributed by atoms with E-state index in [4.69, 9.17) is 4.74 Å². The number of aliphatic hydroxyl groups excluding tert-OH is 1. The van der Waals surface area contributed by atoms with Gasteiger partial charge >= 0.3 is 0 Å². The highest BCUT2D eigenvalue weighted by Crippen LogP contribution is 2.48. The first-order valence-electron chi connectivity index (χ1n) is 4.06. The zero-order valence-electron chi connectivity index (χ0n) is 6.16. The van der Waals surface area contributed by atoms with Gasteiger partial charge in [0, 0.05) is 5.92 Å². The summed E-state index contributed by atoms with van der Waals surface area (Å²) in [7, 11) is 0. The molecule has 11 heavy (non-hydrogen) atoms. The van der Waals surface area contributed by atoms with Crippen LogP contribution in [-0.4, -0.2) is 18.0 Å². The summed E-state index contributed by atoms with van der Waals surface area (Å²) in [4.78, 5) is 0. The van der Waals surface area contributed by atoms with E-state index in [9.17, 15) is 5.11 Å². The van der Waals surface area contributed by atoms with Crippen LogP contribution in [0, 0.1) is 11.8 Å². The molecule has 3 unspecified atom stereocenters. The number of hydrogen-bond donors (Lipinski definition) is 1. The van der Waals surface area contributed by atoms with E-state index < -0.39 is 6.29 Å². The van der Waals surface area contributed by atoms with Gasteiger partial charge in [-0.15, -0.1) is 0 Å². The summed E-state index contributed by atoms with van der Waals surface area (Å²) in [5, 5.41) is 9.43. The Bertz CT molecular complexity index is 265. The first-order valence-corrected chi connectivity index (χ1v) is 4.06. The average molecular weight is 150 g/mol. The molecule has 0 aromatic rings. The second-order valence-corrected chi connectivity index (χ2v) is 3.50. The molecule has 0 aromatic carbocycles. The van der Waals surface area contributed by atoms with Gasteiger partial charge in [0.15, 0.2) is 6.29 Å². The van der Waals surface area contributed by atoms with Crippen molar-refractivity contribution in [3.8, 4) is 0 Å². The fraction of sp³-hybridized carbons (Fsp3) is 0.556. The topological polar surface area (TPSA) is 29.5 Å². The molecule has 58 valence electrons. The van der Waals surface area contributed by atoms with Gasteiger partial charge in [-0.1, -0.05) is 12.2 Å². The molecule has 1 N–H and O–H groups in total. The number of allylic oxidation sites excluding steroid dienone is 3. The van der Waals surface area contributed by atoms with Gasteiger partial charge < -0.3 is 9.84 Å². The third kappa shape index (κ3) is 0.596. The molecule has 1 heterocycles. The Labute approximate surface area is 65.2 Å². The molecule has 2 nitrogen and oxygen atoms in total. The van der Waals surface area contributed by atoms with Crippen molar-refractivity contribution < 1.29 is 9.84 Å². The standard InChI is InChI=1S/C9H10O2/c10-9-8-6-2-1-5(3-6)7(8)4-11-9/h1-2,6,8-10H,3-4H2. The van der Waals surface area contributed by atoms with E-state index in [1.807, 2.05) is 0 Å². The Morgan fingerprint density at radius 2 is 2.45 bits per heavy atom. The molecule has 2 heteroatoms. The second-order valence-electron chi connectivity index (χ2n) is 3.50. The normalized spacial score (nSPS) is 45.7. The summed E-state index contributed by atoms with van der Waals surface area (Å²) in [6.45, 7) is 0.655. The second kappa shape index (κ2) is 1.76. The van der Waals surface area contributed by atoms with Crippen molar-refractivity contribution in [1.82, 2.24) is 0 Å². The van der Waals surface area contributed by atoms with Crippen LogP contribution in [0.25, 0.3) is 0 Å². The molecule has 2 bridgehead atoms. The SMILES string of the molecule is OC1OCC2=C3C=CC(C3)C21. The zero-order valence-corrected chi connectivity index (χ0v) is 6.16. The predicted octanol–water partition coefficient (Wildman–Crippen LogP) is 0.838. The van der Waals surface area contributed by atoms with Crippen LogP contribution in [0.2, 0.25) is 0 Å². The predicted molar refractivity (Wildman–Crippen MR) is 39.7 cm³/mol. The van der Waals surface area contributed by atoms with E-state index in [0.717, 1.165) is 6.42 Å². The van der Waals surface area contributed by atoms with Crippen LogP contribution in [0.5, 0.6) is 0 Å². The van der Waals surface area contributed by atoms with Crippen molar-refractivity contribution in [1.29, 1.82) is 0 Å². The summed E-state index contributed by atoms with van der Waals surface area (Å²) >= 11 is 0. The van der Waals surface area contributed by atoms with Gasteiger partial charge in [0.05, 0.1) is 6.61 Å². The lowest BCUT2D eigenvalue weighted by Crippen LogP contribution is -2.20. The quantitative estimate of drug-likeness (QED) is 0.554. The van der Waals surface area contributed by atoms with Crippen molar-refractivity contribution in [3.63, 3.8) is 0 Å². The highest BCUT2D eigenvalue weighted by Gasteiger charge is 2.44. The lowest BCUT2D eigenvalue weighted by Gasteiger charge is -2.15. The fourth-order valence-corrected chi connectivity index (χ4v) is 2.44. The van der Waals surface area contributed by atoms with E-state index in [1.54, 1.807) is 0 Å². The minimum atomic E-state index is -0.530. The van der Waals surface area contributed by atoms with E-state index >= 15 is 0 Å². The van der Waals surface area contributed by atoms with Gasteiger partial charge in [-0.25, -0.2) is 0 Å². The van der Waals surface area contributed by atoms with Crippen LogP contribution < -0.4 is 0 Å². The first kappa shape index (κ1) is 5.98. The number of aliphatic hydroxyl groups is 1. The molecule has 0 amide bonds. The average Bonchev–Trinajstić information content (AvgIpc) is 2.60. The third-order valence-electron chi connectivity index (χ3n) is 2.99. The smallest absolute Gasteiger partial charge is 0.162 e. The fourth-order valence-electron chi connectivity index (χ4n) is 2.44. The molecule has 0 radical (unpaired) electrons. The van der Waals surface area contributed by atoms with Gasteiger partial charge in [0.1, 0.15) is 0 Å². The van der Waals surface area contributed by atoms with E-state index in [1.165, 1.54) is 11.1 Å². The Morgan fingerprint density at radius 1 is 1.55 bits per heavy atom. The van der Waals surface area contributed by atoms with E-state index in [-0.39, 0.29) is 0 Å². The summed E-state index contributed by atoms with van der Waals surface area (Å²) in [6, 6.07) is 0. The molecule has 1 aliphatic heterocycles. The highest BCUT2D eigenvalue weighted by atomic mass is 16.6. The lowest BCUT2D eigenvalue weighted by atomic mass is 9.91. The van der Waals surface area contributed by atoms with Crippen molar-refractivity contribution in [2.75, 3.05) is 6.61 Å². The Kier molecular flexibility index (Phi) is 0.957. The maximum atomic E-state index is 9.43. The van der Waals surface area contributed by atoms with Crippen LogP contribution >= 0.6 is 0 Å². The summed E-state index contributed by atoms with van der Waals surface area (Å²) < 4.78 is 5.16. The van der Waals surface area contributed by atoms with Crippen molar-refractivity contribution in [2.45, 2.75) is 12.7 Å². The van der Waals surface area contributed by atoms with Gasteiger partial charge in [-0.05, 0) is 23.5 Å². The molecule has 3 aliphatic rings. The third-order valence-corrected chi connectivity index (χ3v) is 2.99. The minimum absolute atomic E-state index is 0.301. The number of fused-ring (bicyclic) bond motifs is 4. The molecule has 0 aromatic heterocycles. The monoisotopic (exact) mass is 150 g/mol. The minimum Gasteiger partial charge on any atom is -0.367 e. The van der Waals surface area contributed by atoms with Gasteiger partial charge in [-0.2, -0.15) is 0 Å². The summed E-state index contributed by atoms with van der Waals surface area (Å²) in [5.41, 5.74) is 2.77. The van der Waals surface area contributed by atoms with Crippen LogP contribution in [0.15, 0.2) is 23.3 Å². The summed E-state index contributed by atoms with van der Waals surface area (Å²) in [5.74, 6) is 0.840.